The third-order valence-corrected chi connectivity index (χ3v) is 9.71. The molecule has 0 aromatic carbocycles. The van der Waals surface area contributed by atoms with Gasteiger partial charge in [-0.05, 0) is 73.8 Å². The fourth-order valence-corrected chi connectivity index (χ4v) is 8.29. The van der Waals surface area contributed by atoms with Gasteiger partial charge in [0.05, 0.1) is 25.4 Å². The molecule has 33 heavy (non-hydrogen) atoms. The van der Waals surface area contributed by atoms with Crippen molar-refractivity contribution in [1.29, 1.82) is 0 Å². The Morgan fingerprint density at radius 2 is 2.06 bits per heavy atom. The van der Waals surface area contributed by atoms with Crippen molar-refractivity contribution in [2.75, 3.05) is 26.9 Å². The number of carbonyl (C=O) groups excluding carboxylic acids is 1. The van der Waals surface area contributed by atoms with Crippen molar-refractivity contribution in [2.45, 2.75) is 83.3 Å². The number of aliphatic hydroxyl groups is 1. The summed E-state index contributed by atoms with van der Waals surface area (Å²) >= 11 is 0. The number of fused-ring (bicyclic) bond motifs is 2. The van der Waals surface area contributed by atoms with Crippen LogP contribution in [0.25, 0.3) is 0 Å². The zero-order chi connectivity index (χ0) is 23.1. The molecule has 2 saturated carbocycles. The maximum Gasteiger partial charge on any atom is 0.314 e. The highest BCUT2D eigenvalue weighted by atomic mass is 16.7. The Kier molecular flexibility index (Phi) is 6.62. The van der Waals surface area contributed by atoms with Gasteiger partial charge >= 0.3 is 5.97 Å². The molecule has 5 rings (SSSR count). The molecule has 1 aromatic rings. The predicted octanol–water partition coefficient (Wildman–Crippen LogP) is 4.84. The van der Waals surface area contributed by atoms with Gasteiger partial charge in [0.25, 0.3) is 0 Å². The second-order valence-corrected chi connectivity index (χ2v) is 11.0. The third-order valence-electron chi connectivity index (χ3n) is 9.71. The molecular formula is C27H40O6. The molecule has 1 N–H and O–H groups in total. The zero-order valence-corrected chi connectivity index (χ0v) is 20.2. The van der Waals surface area contributed by atoms with Crippen LogP contribution in [0.2, 0.25) is 0 Å². The van der Waals surface area contributed by atoms with Crippen LogP contribution in [-0.4, -0.2) is 44.3 Å². The standard InChI is InChI=1S/C27H40O6/c1-18-19-8-9-23-26(24(29)30-2)11-7-12-27(23,21(19)16-22-20(18)10-15-31-22)25(33-17-26)32-14-6-4-3-5-13-28/h10,15,18-19,21,23,25,28H,3-9,11-14,16-17H2,1-2H3/t18-,19+,21+,23+,25-,26+,27?/m1/s1. The topological polar surface area (TPSA) is 78.1 Å². The van der Waals surface area contributed by atoms with E-state index in [1.807, 2.05) is 6.26 Å². The van der Waals surface area contributed by atoms with Gasteiger partial charge in [-0.25, -0.2) is 0 Å². The van der Waals surface area contributed by atoms with Crippen LogP contribution in [0.1, 0.15) is 82.0 Å². The second kappa shape index (κ2) is 9.35. The zero-order valence-electron chi connectivity index (χ0n) is 20.2. The number of esters is 1. The number of rotatable bonds is 8. The van der Waals surface area contributed by atoms with E-state index in [0.29, 0.717) is 31.0 Å². The van der Waals surface area contributed by atoms with Gasteiger partial charge in [-0.3, -0.25) is 4.79 Å². The summed E-state index contributed by atoms with van der Waals surface area (Å²) in [5.74, 6) is 2.63. The maximum atomic E-state index is 13.2. The number of methoxy groups -OCH3 is 1. The van der Waals surface area contributed by atoms with E-state index in [0.717, 1.165) is 70.0 Å². The molecule has 6 nitrogen and oxygen atoms in total. The van der Waals surface area contributed by atoms with Gasteiger partial charge in [-0.15, -0.1) is 0 Å². The summed E-state index contributed by atoms with van der Waals surface area (Å²) in [6.45, 7) is 3.66. The average molecular weight is 461 g/mol. The van der Waals surface area contributed by atoms with Gasteiger partial charge in [0.2, 0.25) is 0 Å². The molecule has 6 heteroatoms. The van der Waals surface area contributed by atoms with Gasteiger partial charge in [0.15, 0.2) is 6.29 Å². The SMILES string of the molecule is COC(=O)[C@@]12CCCC3([C@H](OCCCCCCO)OC1)[C@H]2CC[C@H]1[C@@H](C)c2ccoc2C[C@@H]13. The Bertz CT molecular complexity index is 834. The fraction of sp³-hybridized carbons (Fsp3) is 0.815. The third kappa shape index (κ3) is 3.59. The molecule has 1 aromatic heterocycles. The van der Waals surface area contributed by atoms with E-state index in [2.05, 4.69) is 13.0 Å². The van der Waals surface area contributed by atoms with Crippen molar-refractivity contribution in [2.24, 2.45) is 28.6 Å². The molecule has 1 aliphatic heterocycles. The summed E-state index contributed by atoms with van der Waals surface area (Å²) in [5.41, 5.74) is 0.627. The molecule has 1 saturated heterocycles. The number of furan rings is 1. The summed E-state index contributed by atoms with van der Waals surface area (Å²) in [5, 5.41) is 9.03. The quantitative estimate of drug-likeness (QED) is 0.442. The molecule has 3 fully saturated rings. The van der Waals surface area contributed by atoms with E-state index in [4.69, 9.17) is 23.7 Å². The van der Waals surface area contributed by atoms with Crippen molar-refractivity contribution in [3.05, 3.63) is 23.7 Å². The first-order chi connectivity index (χ1) is 16.1. The Morgan fingerprint density at radius 1 is 1.21 bits per heavy atom. The van der Waals surface area contributed by atoms with E-state index in [1.165, 1.54) is 12.7 Å². The van der Waals surface area contributed by atoms with Crippen LogP contribution in [-0.2, 0) is 25.4 Å². The number of aliphatic hydroxyl groups excluding tert-OH is 1. The lowest BCUT2D eigenvalue weighted by atomic mass is 9.41. The molecule has 0 spiro atoms. The van der Waals surface area contributed by atoms with Crippen molar-refractivity contribution in [3.8, 4) is 0 Å². The number of unbranched alkanes of at least 4 members (excludes halogenated alkanes) is 3. The molecule has 3 aliphatic carbocycles. The van der Waals surface area contributed by atoms with E-state index in [-0.39, 0.29) is 30.2 Å². The minimum Gasteiger partial charge on any atom is -0.469 e. The Labute approximate surface area is 197 Å². The molecule has 1 unspecified atom stereocenters. The van der Waals surface area contributed by atoms with Crippen LogP contribution in [0.15, 0.2) is 16.7 Å². The van der Waals surface area contributed by atoms with E-state index in [9.17, 15) is 4.79 Å². The fourth-order valence-electron chi connectivity index (χ4n) is 8.29. The van der Waals surface area contributed by atoms with E-state index >= 15 is 0 Å². The van der Waals surface area contributed by atoms with Gasteiger partial charge in [0, 0.05) is 25.0 Å². The van der Waals surface area contributed by atoms with Crippen LogP contribution in [0.3, 0.4) is 0 Å². The molecule has 184 valence electrons. The van der Waals surface area contributed by atoms with Gasteiger partial charge in [0.1, 0.15) is 5.76 Å². The number of carbonyl (C=O) groups is 1. The van der Waals surface area contributed by atoms with Crippen LogP contribution < -0.4 is 0 Å². The molecule has 0 amide bonds. The largest absolute Gasteiger partial charge is 0.469 e. The van der Waals surface area contributed by atoms with Crippen molar-refractivity contribution in [1.82, 2.24) is 0 Å². The van der Waals surface area contributed by atoms with Crippen LogP contribution in [0.4, 0.5) is 0 Å². The number of hydrogen-bond acceptors (Lipinski definition) is 6. The highest BCUT2D eigenvalue weighted by Crippen LogP contribution is 2.69. The Balaban J connectivity index is 1.46. The normalized spacial score (nSPS) is 39.3. The first kappa shape index (κ1) is 23.4. The lowest BCUT2D eigenvalue weighted by molar-refractivity contribution is -0.332. The summed E-state index contributed by atoms with van der Waals surface area (Å²) in [7, 11) is 1.52. The Hall–Kier alpha value is -1.37. The van der Waals surface area contributed by atoms with Gasteiger partial charge in [-0.1, -0.05) is 26.2 Å². The molecule has 7 atom stereocenters. The second-order valence-electron chi connectivity index (χ2n) is 11.0. The molecular weight excluding hydrogens is 420 g/mol. The van der Waals surface area contributed by atoms with Crippen LogP contribution >= 0.6 is 0 Å². The van der Waals surface area contributed by atoms with Gasteiger partial charge in [-0.2, -0.15) is 0 Å². The van der Waals surface area contributed by atoms with Crippen molar-refractivity contribution in [3.63, 3.8) is 0 Å². The van der Waals surface area contributed by atoms with Gasteiger partial charge < -0.3 is 23.7 Å². The minimum atomic E-state index is -0.550. The predicted molar refractivity (Wildman–Crippen MR) is 123 cm³/mol. The lowest BCUT2D eigenvalue weighted by Crippen LogP contribution is -2.68. The summed E-state index contributed by atoms with van der Waals surface area (Å²) in [6.07, 6.45) is 11.4. The summed E-state index contributed by atoms with van der Waals surface area (Å²) in [4.78, 5) is 13.2. The summed E-state index contributed by atoms with van der Waals surface area (Å²) < 4.78 is 24.4. The minimum absolute atomic E-state index is 0.0972. The maximum absolute atomic E-state index is 13.2. The first-order valence-electron chi connectivity index (χ1n) is 13.1. The van der Waals surface area contributed by atoms with E-state index < -0.39 is 5.41 Å². The first-order valence-corrected chi connectivity index (χ1v) is 13.1. The molecule has 2 bridgehead atoms. The highest BCUT2D eigenvalue weighted by Gasteiger charge is 2.70. The van der Waals surface area contributed by atoms with Crippen molar-refractivity contribution >= 4 is 5.97 Å². The highest BCUT2D eigenvalue weighted by molar-refractivity contribution is 5.78. The Morgan fingerprint density at radius 3 is 2.88 bits per heavy atom. The van der Waals surface area contributed by atoms with Crippen molar-refractivity contribution < 1.29 is 28.5 Å². The number of hydrogen-bond donors (Lipinski definition) is 1. The van der Waals surface area contributed by atoms with Crippen LogP contribution in [0, 0.1) is 28.6 Å². The number of ether oxygens (including phenoxy) is 3. The monoisotopic (exact) mass is 460 g/mol. The molecule has 4 aliphatic rings. The molecule has 2 heterocycles. The molecule has 0 radical (unpaired) electrons. The van der Waals surface area contributed by atoms with Crippen LogP contribution in [0.5, 0.6) is 0 Å². The summed E-state index contributed by atoms with van der Waals surface area (Å²) in [6, 6.07) is 2.15. The lowest BCUT2D eigenvalue weighted by Gasteiger charge is -2.66. The average Bonchev–Trinajstić information content (AvgIpc) is 3.31. The smallest absolute Gasteiger partial charge is 0.314 e. The van der Waals surface area contributed by atoms with E-state index in [1.54, 1.807) is 0 Å².